The molecule has 0 unspecified atom stereocenters. The Labute approximate surface area is 132 Å². The largest absolute Gasteiger partial charge is 1.00 e. The second kappa shape index (κ2) is 8.65. The Balaban J connectivity index is 0.00000200. The average molecular weight is 270 g/mol. The minimum Gasteiger partial charge on any atom is -0.281 e. The molecule has 0 aromatic heterocycles. The molecule has 1 aromatic rings. The molecule has 0 atom stereocenters. The topological polar surface area (TPSA) is 0 Å². The summed E-state index contributed by atoms with van der Waals surface area (Å²) in [5.41, 5.74) is 0.326. The second-order valence-corrected chi connectivity index (χ2v) is 5.49. The number of hydrogen-bond acceptors (Lipinski definition) is 0. The molecule has 0 bridgehead atoms. The van der Waals surface area contributed by atoms with E-state index in [1.807, 2.05) is 6.08 Å². The molecule has 0 heterocycles. The number of hydrogen-bond donors (Lipinski definition) is 0. The van der Waals surface area contributed by atoms with Crippen LogP contribution >= 0.6 is 0 Å². The van der Waals surface area contributed by atoms with Crippen molar-refractivity contribution in [3.8, 4) is 0 Å². The minimum atomic E-state index is -0.895. The molecule has 0 aliphatic heterocycles. The van der Waals surface area contributed by atoms with E-state index in [0.29, 0.717) is 11.5 Å². The average Bonchev–Trinajstić information content (AvgIpc) is 2.42. The van der Waals surface area contributed by atoms with Gasteiger partial charge in [0.1, 0.15) is 0 Å². The molecule has 1 aromatic carbocycles. The molecule has 0 nitrogen and oxygen atoms in total. The Bertz CT molecular complexity index is 435. The van der Waals surface area contributed by atoms with Gasteiger partial charge in [-0.3, -0.25) is 4.39 Å². The van der Waals surface area contributed by atoms with Gasteiger partial charge >= 0.3 is 18.9 Å². The molecule has 0 amide bonds. The van der Waals surface area contributed by atoms with Crippen LogP contribution in [0.5, 0.6) is 0 Å². The van der Waals surface area contributed by atoms with Crippen LogP contribution in [0.3, 0.4) is 0 Å². The van der Waals surface area contributed by atoms with E-state index in [0.717, 1.165) is 5.92 Å². The smallest absolute Gasteiger partial charge is 0.281 e. The summed E-state index contributed by atoms with van der Waals surface area (Å²) >= 11 is 0. The summed E-state index contributed by atoms with van der Waals surface area (Å²) in [6.07, 6.45) is 11.2. The van der Waals surface area contributed by atoms with Crippen molar-refractivity contribution in [3.05, 3.63) is 41.5 Å². The molecule has 0 N–H and O–H groups in total. The fourth-order valence-electron chi connectivity index (χ4n) is 2.91. The van der Waals surface area contributed by atoms with Crippen molar-refractivity contribution in [1.29, 1.82) is 0 Å². The minimum absolute atomic E-state index is 0. The summed E-state index contributed by atoms with van der Waals surface area (Å²) in [6.45, 7) is 2.23. The van der Waals surface area contributed by atoms with Crippen molar-refractivity contribution in [3.63, 3.8) is 0 Å². The summed E-state index contributed by atoms with van der Waals surface area (Å²) < 4.78 is 26.5. The monoisotopic (exact) mass is 270 g/mol. The van der Waals surface area contributed by atoms with Gasteiger partial charge in [-0.25, -0.2) is 4.39 Å². The van der Waals surface area contributed by atoms with Gasteiger partial charge in [-0.2, -0.15) is 12.1 Å². The van der Waals surface area contributed by atoms with E-state index in [9.17, 15) is 8.78 Å². The first-order valence-corrected chi connectivity index (χ1v) is 7.24. The van der Waals surface area contributed by atoms with Crippen LogP contribution in [0.25, 0.3) is 6.08 Å². The first kappa shape index (κ1) is 17.5. The predicted molar refractivity (Wildman–Crippen MR) is 74.6 cm³/mol. The normalized spacial score (nSPS) is 22.8. The molecule has 20 heavy (non-hydrogen) atoms. The van der Waals surface area contributed by atoms with Gasteiger partial charge in [0.15, 0.2) is 0 Å². The summed E-state index contributed by atoms with van der Waals surface area (Å²) in [4.78, 5) is 0. The Hall–Kier alpha value is -0.583. The Morgan fingerprint density at radius 2 is 1.95 bits per heavy atom. The quantitative estimate of drug-likeness (QED) is 0.582. The molecule has 0 saturated heterocycles. The van der Waals surface area contributed by atoms with Crippen LogP contribution in [0.15, 0.2) is 18.2 Å². The Kier molecular flexibility index (Phi) is 7.55. The van der Waals surface area contributed by atoms with Crippen LogP contribution < -0.4 is 18.9 Å². The number of benzene rings is 1. The zero-order chi connectivity index (χ0) is 13.7. The van der Waals surface area contributed by atoms with Crippen LogP contribution in [-0.2, 0) is 0 Å². The molecule has 104 valence electrons. The van der Waals surface area contributed by atoms with Crippen LogP contribution in [-0.4, -0.2) is 0 Å². The maximum absolute atomic E-state index is 13.5. The van der Waals surface area contributed by atoms with Gasteiger partial charge < -0.3 is 0 Å². The van der Waals surface area contributed by atoms with E-state index in [-0.39, 0.29) is 18.9 Å². The Morgan fingerprint density at radius 3 is 2.60 bits per heavy atom. The van der Waals surface area contributed by atoms with Gasteiger partial charge in [0.05, 0.1) is 5.82 Å². The third-order valence-corrected chi connectivity index (χ3v) is 4.06. The van der Waals surface area contributed by atoms with E-state index in [1.165, 1.54) is 44.6 Å². The van der Waals surface area contributed by atoms with Crippen LogP contribution in [0.1, 0.15) is 51.0 Å². The molecule has 1 saturated carbocycles. The van der Waals surface area contributed by atoms with Gasteiger partial charge in [0.2, 0.25) is 0 Å². The molecular weight excluding hydrogens is 249 g/mol. The van der Waals surface area contributed by atoms with E-state index >= 15 is 0 Å². The van der Waals surface area contributed by atoms with E-state index < -0.39 is 11.6 Å². The van der Waals surface area contributed by atoms with E-state index in [2.05, 4.69) is 13.0 Å². The van der Waals surface area contributed by atoms with Gasteiger partial charge in [-0.1, -0.05) is 37.5 Å². The third-order valence-electron chi connectivity index (χ3n) is 4.06. The van der Waals surface area contributed by atoms with E-state index in [4.69, 9.17) is 0 Å². The van der Waals surface area contributed by atoms with Gasteiger partial charge in [-0.15, -0.1) is 6.07 Å². The molecule has 0 radical (unpaired) electrons. The number of allylic oxidation sites excluding steroid dienone is 1. The fraction of sp³-hybridized carbons (Fsp3) is 0.529. The van der Waals surface area contributed by atoms with Crippen molar-refractivity contribution in [2.24, 2.45) is 11.8 Å². The number of rotatable bonds is 4. The first-order valence-electron chi connectivity index (χ1n) is 7.24. The molecule has 2 rings (SSSR count). The molecular formula is C17H21F2Li. The van der Waals surface area contributed by atoms with Crippen LogP contribution in [0, 0.1) is 29.5 Å². The second-order valence-electron chi connectivity index (χ2n) is 5.49. The summed E-state index contributed by atoms with van der Waals surface area (Å²) in [5, 5.41) is 0. The molecule has 1 aliphatic rings. The van der Waals surface area contributed by atoms with Gasteiger partial charge in [-0.05, 0) is 37.5 Å². The summed E-state index contributed by atoms with van der Waals surface area (Å²) in [6, 6.07) is 5.22. The first-order chi connectivity index (χ1) is 9.20. The van der Waals surface area contributed by atoms with Crippen LogP contribution in [0.4, 0.5) is 8.78 Å². The SMILES string of the molecule is CCCC1CCC(C=Cc2cc[c-]c(F)c2F)CC1.[Li+]. The van der Waals surface area contributed by atoms with Crippen LogP contribution in [0.2, 0.25) is 0 Å². The zero-order valence-electron chi connectivity index (χ0n) is 12.5. The maximum Gasteiger partial charge on any atom is 1.00 e. The molecule has 1 fully saturated rings. The zero-order valence-corrected chi connectivity index (χ0v) is 12.5. The molecule has 1 aliphatic carbocycles. The molecule has 3 heteroatoms. The van der Waals surface area contributed by atoms with Crippen molar-refractivity contribution < 1.29 is 27.6 Å². The van der Waals surface area contributed by atoms with Crippen molar-refractivity contribution in [2.75, 3.05) is 0 Å². The fourth-order valence-corrected chi connectivity index (χ4v) is 2.91. The van der Waals surface area contributed by atoms with Crippen molar-refractivity contribution in [1.82, 2.24) is 0 Å². The molecule has 0 spiro atoms. The van der Waals surface area contributed by atoms with Gasteiger partial charge in [0, 0.05) is 5.82 Å². The van der Waals surface area contributed by atoms with E-state index in [1.54, 1.807) is 12.1 Å². The van der Waals surface area contributed by atoms with Gasteiger partial charge in [0.25, 0.3) is 0 Å². The maximum atomic E-state index is 13.5. The summed E-state index contributed by atoms with van der Waals surface area (Å²) in [7, 11) is 0. The van der Waals surface area contributed by atoms with Crippen molar-refractivity contribution in [2.45, 2.75) is 45.4 Å². The number of halogens is 2. The predicted octanol–water partition coefficient (Wildman–Crippen LogP) is 2.39. The summed E-state index contributed by atoms with van der Waals surface area (Å²) in [5.74, 6) is -0.304. The van der Waals surface area contributed by atoms with Crippen molar-refractivity contribution >= 4 is 6.08 Å². The Morgan fingerprint density at radius 1 is 1.25 bits per heavy atom. The third kappa shape index (κ3) is 4.76. The standard InChI is InChI=1S/C17H21F2.Li/c1-2-4-13-7-9-14(10-8-13)11-12-15-5-3-6-16(18)17(15)19;/h3,5,11-14H,2,4,7-10H2,1H3;/q-1;+1.